The molecule has 10 aromatic rings. The van der Waals surface area contributed by atoms with E-state index in [1.54, 1.807) is 0 Å². The van der Waals surface area contributed by atoms with Crippen LogP contribution in [0.4, 0.5) is 34.1 Å². The summed E-state index contributed by atoms with van der Waals surface area (Å²) in [7, 11) is 0. The van der Waals surface area contributed by atoms with Gasteiger partial charge >= 0.3 is 21.1 Å². The number of benzene rings is 7. The summed E-state index contributed by atoms with van der Waals surface area (Å²) in [6.07, 6.45) is 3.78. The minimum absolute atomic E-state index is 0. The normalized spacial score (nSPS) is 12.7. The first kappa shape index (κ1) is 35.4. The van der Waals surface area contributed by atoms with Crippen molar-refractivity contribution in [1.82, 2.24) is 14.5 Å². The molecule has 0 amide bonds. The molecule has 0 unspecified atom stereocenters. The van der Waals surface area contributed by atoms with Crippen molar-refractivity contribution >= 4 is 89.8 Å². The van der Waals surface area contributed by atoms with Crippen LogP contribution in [-0.4, -0.2) is 21.2 Å². The van der Waals surface area contributed by atoms with Crippen molar-refractivity contribution in [3.8, 4) is 17.1 Å². The Bertz CT molecular complexity index is 3300. The average Bonchev–Trinajstić information content (AvgIpc) is 3.59. The molecule has 0 fully saturated rings. The number of aromatic nitrogens is 3. The summed E-state index contributed by atoms with van der Waals surface area (Å²) in [5.41, 5.74) is 16.6. The van der Waals surface area contributed by atoms with Crippen LogP contribution in [-0.2, 0) is 21.1 Å². The Kier molecular flexibility index (Phi) is 8.22. The number of fused-ring (bicyclic) bond motifs is 8. The van der Waals surface area contributed by atoms with Gasteiger partial charge in [0, 0.05) is 40.7 Å². The molecule has 0 spiro atoms. The molecule has 0 aliphatic carbocycles. The molecule has 3 aromatic heterocycles. The van der Waals surface area contributed by atoms with Crippen LogP contribution >= 0.6 is 0 Å². The van der Waals surface area contributed by atoms with Gasteiger partial charge in [0.15, 0.2) is 0 Å². The van der Waals surface area contributed by atoms with Crippen LogP contribution in [0.1, 0.15) is 11.1 Å². The third-order valence-electron chi connectivity index (χ3n) is 12.1. The molecule has 0 saturated heterocycles. The zero-order chi connectivity index (χ0) is 38.5. The van der Waals surface area contributed by atoms with Crippen LogP contribution in [0.5, 0.6) is 0 Å². The summed E-state index contributed by atoms with van der Waals surface area (Å²) in [5, 5.41) is 4.56. The Morgan fingerprint density at radius 3 is 1.88 bits per heavy atom. The maximum absolute atomic E-state index is 4.99. The second-order valence-corrected chi connectivity index (χ2v) is 15.3. The van der Waals surface area contributed by atoms with Crippen LogP contribution < -0.4 is 26.2 Å². The number of aryl methyl sites for hydroxylation is 2. The molecule has 5 heterocycles. The van der Waals surface area contributed by atoms with Crippen molar-refractivity contribution in [3.63, 3.8) is 0 Å². The number of hydrogen-bond donors (Lipinski definition) is 0. The van der Waals surface area contributed by atoms with Gasteiger partial charge in [0.05, 0.1) is 0 Å². The number of hydrogen-bond acceptors (Lipinski definition) is 4. The van der Waals surface area contributed by atoms with Gasteiger partial charge in [-0.15, -0.1) is 40.7 Å². The van der Waals surface area contributed by atoms with Crippen LogP contribution in [0.2, 0.25) is 0 Å². The SMILES string of the molecule is Cc1ccccc1N1c2ccc(-c3nccc4ccccc34)[c-]c2B2c3[c-]c4c(cc3N(c3ccccc3C)c3cccc1c32)c1ccccc1n4-c1ccccn1.[Pt+2]. The monoisotopic (exact) mass is 934 g/mol. The molecule has 0 bridgehead atoms. The van der Waals surface area contributed by atoms with Crippen molar-refractivity contribution < 1.29 is 21.1 Å². The topological polar surface area (TPSA) is 37.2 Å². The molecule has 5 nitrogen and oxygen atoms in total. The van der Waals surface area contributed by atoms with E-state index in [1.165, 1.54) is 16.6 Å². The fourth-order valence-electron chi connectivity index (χ4n) is 9.53. The zero-order valence-electron chi connectivity index (χ0n) is 32.3. The van der Waals surface area contributed by atoms with Gasteiger partial charge in [0.25, 0.3) is 0 Å². The molecule has 12 rings (SSSR count). The number of para-hydroxylation sites is 3. The maximum atomic E-state index is 4.99. The largest absolute Gasteiger partial charge is 2.00 e. The summed E-state index contributed by atoms with van der Waals surface area (Å²) < 4.78 is 2.27. The standard InChI is InChI=1S/C52H34BN5.Pt/c1-33-14-3-8-19-42(33)56-45-26-25-36(52-37-17-6-5-16-35(37)27-29-55-52)30-40(45)53-41-32-48-39(38-18-7-10-21-44(38)58(48)50-24-11-12-28-54-50)31-49(41)57(43-20-9-4-15-34(43)2)47-23-13-22-46(56)51(47)53;/h3-29,31H,1-2H3;/q-2;+2. The van der Waals surface area contributed by atoms with E-state index in [1.807, 2.05) is 18.5 Å². The third kappa shape index (κ3) is 5.23. The molecule has 0 saturated carbocycles. The molecule has 0 radical (unpaired) electrons. The van der Waals surface area contributed by atoms with Gasteiger partial charge < -0.3 is 19.4 Å². The molecule has 2 aliphatic heterocycles. The number of rotatable bonds is 4. The number of anilines is 6. The average molecular weight is 935 g/mol. The summed E-state index contributed by atoms with van der Waals surface area (Å²) >= 11 is 0. The zero-order valence-corrected chi connectivity index (χ0v) is 34.6. The second kappa shape index (κ2) is 13.7. The Labute approximate surface area is 357 Å². The van der Waals surface area contributed by atoms with Crippen molar-refractivity contribution in [2.24, 2.45) is 0 Å². The van der Waals surface area contributed by atoms with Crippen LogP contribution in [0.15, 0.2) is 170 Å². The summed E-state index contributed by atoms with van der Waals surface area (Å²) in [6, 6.07) is 64.6. The van der Waals surface area contributed by atoms with Crippen LogP contribution in [0.3, 0.4) is 0 Å². The van der Waals surface area contributed by atoms with Crippen LogP contribution in [0, 0.1) is 26.0 Å². The first-order valence-corrected chi connectivity index (χ1v) is 19.8. The molecule has 0 N–H and O–H groups in total. The van der Waals surface area contributed by atoms with Crippen molar-refractivity contribution in [2.45, 2.75) is 13.8 Å². The minimum atomic E-state index is -0.189. The predicted octanol–water partition coefficient (Wildman–Crippen LogP) is 10.7. The quantitative estimate of drug-likeness (QED) is 0.130. The van der Waals surface area contributed by atoms with Crippen LogP contribution in [0.25, 0.3) is 49.7 Å². The molecule has 2 aliphatic rings. The fourth-order valence-corrected chi connectivity index (χ4v) is 9.53. The smallest absolute Gasteiger partial charge is 0.366 e. The van der Waals surface area contributed by atoms with Crippen molar-refractivity contribution in [1.29, 1.82) is 0 Å². The Balaban J connectivity index is 0.00000397. The van der Waals surface area contributed by atoms with E-state index in [0.717, 1.165) is 94.7 Å². The summed E-state index contributed by atoms with van der Waals surface area (Å²) in [5.74, 6) is 0.864. The molecule has 0 atom stereocenters. The fraction of sp³-hybridized carbons (Fsp3) is 0.0385. The third-order valence-corrected chi connectivity index (χ3v) is 12.1. The number of pyridine rings is 2. The van der Waals surface area contributed by atoms with E-state index in [0.29, 0.717) is 0 Å². The molecule has 59 heavy (non-hydrogen) atoms. The molecule has 7 heteroatoms. The number of nitrogens with zero attached hydrogens (tertiary/aromatic N) is 5. The van der Waals surface area contributed by atoms with Gasteiger partial charge in [-0.3, -0.25) is 0 Å². The van der Waals surface area contributed by atoms with E-state index < -0.39 is 0 Å². The second-order valence-electron chi connectivity index (χ2n) is 15.3. The van der Waals surface area contributed by atoms with Gasteiger partial charge in [-0.05, 0) is 107 Å². The van der Waals surface area contributed by atoms with E-state index in [2.05, 4.69) is 192 Å². The molecular weight excluding hydrogens is 900 g/mol. The molecule has 7 aromatic carbocycles. The van der Waals surface area contributed by atoms with Gasteiger partial charge in [-0.2, -0.15) is 11.5 Å². The predicted molar refractivity (Wildman–Crippen MR) is 240 cm³/mol. The van der Waals surface area contributed by atoms with E-state index in [9.17, 15) is 0 Å². The Hall–Kier alpha value is -6.75. The molecule has 280 valence electrons. The van der Waals surface area contributed by atoms with E-state index in [-0.39, 0.29) is 27.8 Å². The van der Waals surface area contributed by atoms with Gasteiger partial charge in [0.1, 0.15) is 5.82 Å². The van der Waals surface area contributed by atoms with Crippen molar-refractivity contribution in [3.05, 3.63) is 193 Å². The summed E-state index contributed by atoms with van der Waals surface area (Å²) in [6.45, 7) is 4.22. The van der Waals surface area contributed by atoms with E-state index in [4.69, 9.17) is 9.97 Å². The van der Waals surface area contributed by atoms with Gasteiger partial charge in [-0.1, -0.05) is 102 Å². The van der Waals surface area contributed by atoms with Gasteiger partial charge in [0.2, 0.25) is 6.71 Å². The first-order valence-electron chi connectivity index (χ1n) is 19.8. The first-order chi connectivity index (χ1) is 28.6. The maximum Gasteiger partial charge on any atom is 2.00 e. The van der Waals surface area contributed by atoms with Crippen molar-refractivity contribution in [2.75, 3.05) is 9.80 Å². The summed E-state index contributed by atoms with van der Waals surface area (Å²) in [4.78, 5) is 14.8. The Morgan fingerprint density at radius 2 is 1.14 bits per heavy atom. The molecular formula is C52H34BN5Pt. The van der Waals surface area contributed by atoms with Gasteiger partial charge in [-0.25, -0.2) is 4.98 Å². The minimum Gasteiger partial charge on any atom is -0.366 e. The Morgan fingerprint density at radius 1 is 0.492 bits per heavy atom. The van der Waals surface area contributed by atoms with E-state index >= 15 is 0 Å².